The first kappa shape index (κ1) is 12.7. The molecule has 0 bridgehead atoms. The molecular weight excluding hydrogens is 303 g/mol. The van der Waals surface area contributed by atoms with E-state index in [1.165, 1.54) is 12.1 Å². The number of aryl methyl sites for hydroxylation is 1. The van der Waals surface area contributed by atoms with E-state index in [2.05, 4.69) is 20.9 Å². The van der Waals surface area contributed by atoms with E-state index >= 15 is 0 Å². The minimum absolute atomic E-state index is 0.175. The third kappa shape index (κ3) is 3.12. The molecule has 0 aliphatic rings. The number of aromatic nitrogens is 1. The number of nitrogens with two attached hydrogens (primary N) is 1. The molecule has 2 aromatic rings. The zero-order valence-corrected chi connectivity index (χ0v) is 11.7. The van der Waals surface area contributed by atoms with Gasteiger partial charge in [-0.05, 0) is 24.6 Å². The van der Waals surface area contributed by atoms with Crippen molar-refractivity contribution in [2.75, 3.05) is 0 Å². The Morgan fingerprint density at radius 1 is 1.53 bits per heavy atom. The lowest BCUT2D eigenvalue weighted by Gasteiger charge is -2.12. The SMILES string of the molecule is Cc1nc(CC(N)c2ccc(F)cc2Br)cs1. The van der Waals surface area contributed by atoms with Gasteiger partial charge in [0.25, 0.3) is 0 Å². The number of rotatable bonds is 3. The van der Waals surface area contributed by atoms with E-state index < -0.39 is 0 Å². The van der Waals surface area contributed by atoms with Crippen molar-refractivity contribution >= 4 is 27.3 Å². The Hall–Kier alpha value is -0.780. The summed E-state index contributed by atoms with van der Waals surface area (Å²) in [5.41, 5.74) is 7.98. The van der Waals surface area contributed by atoms with Gasteiger partial charge >= 0.3 is 0 Å². The van der Waals surface area contributed by atoms with Crippen LogP contribution < -0.4 is 5.73 Å². The molecule has 0 saturated heterocycles. The summed E-state index contributed by atoms with van der Waals surface area (Å²) in [5, 5.41) is 3.04. The fourth-order valence-corrected chi connectivity index (χ4v) is 2.91. The smallest absolute Gasteiger partial charge is 0.124 e. The summed E-state index contributed by atoms with van der Waals surface area (Å²) >= 11 is 4.94. The molecule has 1 heterocycles. The average molecular weight is 315 g/mol. The Morgan fingerprint density at radius 3 is 2.88 bits per heavy atom. The van der Waals surface area contributed by atoms with E-state index in [1.807, 2.05) is 12.3 Å². The molecule has 0 radical (unpaired) electrons. The molecule has 17 heavy (non-hydrogen) atoms. The van der Waals surface area contributed by atoms with Crippen LogP contribution in [0.3, 0.4) is 0 Å². The maximum atomic E-state index is 13.0. The molecule has 0 saturated carbocycles. The molecule has 2 nitrogen and oxygen atoms in total. The van der Waals surface area contributed by atoms with Gasteiger partial charge in [-0.3, -0.25) is 0 Å². The van der Waals surface area contributed by atoms with E-state index in [1.54, 1.807) is 17.4 Å². The van der Waals surface area contributed by atoms with Crippen molar-refractivity contribution in [3.63, 3.8) is 0 Å². The fourth-order valence-electron chi connectivity index (χ4n) is 1.64. The van der Waals surface area contributed by atoms with Gasteiger partial charge in [-0.1, -0.05) is 22.0 Å². The number of benzene rings is 1. The standard InChI is InChI=1S/C12H12BrFN2S/c1-7-16-9(6-17-7)5-12(15)10-3-2-8(14)4-11(10)13/h2-4,6,12H,5,15H2,1H3. The highest BCUT2D eigenvalue weighted by atomic mass is 79.9. The predicted molar refractivity (Wildman–Crippen MR) is 71.6 cm³/mol. The van der Waals surface area contributed by atoms with Gasteiger partial charge in [0.1, 0.15) is 5.82 Å². The van der Waals surface area contributed by atoms with Gasteiger partial charge in [0.05, 0.1) is 10.7 Å². The first-order chi connectivity index (χ1) is 8.06. The number of thiazole rings is 1. The molecule has 1 aromatic carbocycles. The largest absolute Gasteiger partial charge is 0.324 e. The average Bonchev–Trinajstić information content (AvgIpc) is 2.63. The summed E-state index contributed by atoms with van der Waals surface area (Å²) in [6.07, 6.45) is 0.661. The molecule has 5 heteroatoms. The lowest BCUT2D eigenvalue weighted by atomic mass is 10.0. The first-order valence-electron chi connectivity index (χ1n) is 5.18. The number of hydrogen-bond donors (Lipinski definition) is 1. The highest BCUT2D eigenvalue weighted by molar-refractivity contribution is 9.10. The van der Waals surface area contributed by atoms with Gasteiger partial charge in [0.2, 0.25) is 0 Å². The van der Waals surface area contributed by atoms with Crippen LogP contribution >= 0.6 is 27.3 Å². The summed E-state index contributed by atoms with van der Waals surface area (Å²) in [5.74, 6) is -0.266. The summed E-state index contributed by atoms with van der Waals surface area (Å²) in [6, 6.07) is 4.39. The molecular formula is C12H12BrFN2S. The molecule has 1 atom stereocenters. The van der Waals surface area contributed by atoms with Crippen molar-refractivity contribution in [3.05, 3.63) is 50.1 Å². The second-order valence-electron chi connectivity index (χ2n) is 3.83. The Kier molecular flexibility index (Phi) is 3.91. The topological polar surface area (TPSA) is 38.9 Å². The maximum Gasteiger partial charge on any atom is 0.124 e. The van der Waals surface area contributed by atoms with Crippen LogP contribution in [0, 0.1) is 12.7 Å². The van der Waals surface area contributed by atoms with Crippen molar-refractivity contribution in [1.29, 1.82) is 0 Å². The number of hydrogen-bond acceptors (Lipinski definition) is 3. The molecule has 2 rings (SSSR count). The van der Waals surface area contributed by atoms with Crippen LogP contribution in [-0.4, -0.2) is 4.98 Å². The molecule has 0 spiro atoms. The normalized spacial score (nSPS) is 12.7. The van der Waals surface area contributed by atoms with Crippen molar-refractivity contribution in [3.8, 4) is 0 Å². The molecule has 0 aliphatic heterocycles. The minimum atomic E-state index is -0.266. The highest BCUT2D eigenvalue weighted by Gasteiger charge is 2.12. The zero-order valence-electron chi connectivity index (χ0n) is 9.28. The molecule has 90 valence electrons. The Morgan fingerprint density at radius 2 is 2.29 bits per heavy atom. The van der Waals surface area contributed by atoms with Gasteiger partial charge in [-0.25, -0.2) is 9.37 Å². The van der Waals surface area contributed by atoms with Gasteiger partial charge in [-0.2, -0.15) is 0 Å². The lowest BCUT2D eigenvalue weighted by molar-refractivity contribution is 0.622. The lowest BCUT2D eigenvalue weighted by Crippen LogP contribution is -2.14. The van der Waals surface area contributed by atoms with Gasteiger partial charge < -0.3 is 5.73 Å². The first-order valence-corrected chi connectivity index (χ1v) is 6.85. The van der Waals surface area contributed by atoms with Crippen LogP contribution in [0.2, 0.25) is 0 Å². The monoisotopic (exact) mass is 314 g/mol. The third-order valence-electron chi connectivity index (χ3n) is 2.46. The van der Waals surface area contributed by atoms with Crippen LogP contribution in [0.5, 0.6) is 0 Å². The summed E-state index contributed by atoms with van der Waals surface area (Å²) in [6.45, 7) is 1.97. The second kappa shape index (κ2) is 5.25. The summed E-state index contributed by atoms with van der Waals surface area (Å²) in [7, 11) is 0. The fraction of sp³-hybridized carbons (Fsp3) is 0.250. The number of nitrogens with zero attached hydrogens (tertiary/aromatic N) is 1. The van der Waals surface area contributed by atoms with Gasteiger partial charge in [0.15, 0.2) is 0 Å². The van der Waals surface area contributed by atoms with Crippen molar-refractivity contribution in [2.24, 2.45) is 5.73 Å². The van der Waals surface area contributed by atoms with Crippen molar-refractivity contribution in [1.82, 2.24) is 4.98 Å². The summed E-state index contributed by atoms with van der Waals surface area (Å²) in [4.78, 5) is 4.37. The van der Waals surface area contributed by atoms with Crippen LogP contribution in [0.4, 0.5) is 4.39 Å². The highest BCUT2D eigenvalue weighted by Crippen LogP contribution is 2.25. The van der Waals surface area contributed by atoms with E-state index in [-0.39, 0.29) is 11.9 Å². The molecule has 2 N–H and O–H groups in total. The van der Waals surface area contributed by atoms with Crippen LogP contribution in [-0.2, 0) is 6.42 Å². The third-order valence-corrected chi connectivity index (χ3v) is 3.97. The van der Waals surface area contributed by atoms with E-state index in [4.69, 9.17) is 5.73 Å². The Labute approximate surface area is 112 Å². The van der Waals surface area contributed by atoms with Crippen LogP contribution in [0.1, 0.15) is 22.3 Å². The van der Waals surface area contributed by atoms with Crippen molar-refractivity contribution in [2.45, 2.75) is 19.4 Å². The van der Waals surface area contributed by atoms with E-state index in [0.717, 1.165) is 16.3 Å². The van der Waals surface area contributed by atoms with E-state index in [0.29, 0.717) is 10.9 Å². The molecule has 0 aliphatic carbocycles. The predicted octanol–water partition coefficient (Wildman–Crippen LogP) is 3.60. The van der Waals surface area contributed by atoms with Crippen LogP contribution in [0.15, 0.2) is 28.1 Å². The molecule has 1 aromatic heterocycles. The van der Waals surface area contributed by atoms with Crippen LogP contribution in [0.25, 0.3) is 0 Å². The molecule has 0 amide bonds. The van der Waals surface area contributed by atoms with Gasteiger partial charge in [-0.15, -0.1) is 11.3 Å². The minimum Gasteiger partial charge on any atom is -0.324 e. The zero-order chi connectivity index (χ0) is 12.4. The van der Waals surface area contributed by atoms with Gasteiger partial charge in [0, 0.05) is 22.3 Å². The van der Waals surface area contributed by atoms with E-state index in [9.17, 15) is 4.39 Å². The number of halogens is 2. The summed E-state index contributed by atoms with van der Waals surface area (Å²) < 4.78 is 13.7. The maximum absolute atomic E-state index is 13.0. The Balaban J connectivity index is 2.17. The molecule has 1 unspecified atom stereocenters. The van der Waals surface area contributed by atoms with Crippen molar-refractivity contribution < 1.29 is 4.39 Å². The Bertz CT molecular complexity index is 527. The molecule has 0 fully saturated rings. The quantitative estimate of drug-likeness (QED) is 0.940. The second-order valence-corrected chi connectivity index (χ2v) is 5.75.